The molecule has 1 heterocycles. The maximum Gasteiger partial charge on any atom is 0.271 e. The number of carbonyl (C=O) groups is 1. The van der Waals surface area contributed by atoms with Crippen LogP contribution in [-0.4, -0.2) is 10.9 Å². The molecular formula is C24H17F3N2O2S. The number of carbonyl (C=O) groups excluding carboxylic acids is 1. The highest BCUT2D eigenvalue weighted by molar-refractivity contribution is 7.13. The topological polar surface area (TPSA) is 51.2 Å². The Kier molecular flexibility index (Phi) is 6.51. The third-order valence-corrected chi connectivity index (χ3v) is 5.53. The molecule has 0 saturated carbocycles. The number of aromatic nitrogens is 1. The number of amides is 1. The van der Waals surface area contributed by atoms with Gasteiger partial charge in [0.25, 0.3) is 5.91 Å². The number of halogens is 3. The molecule has 1 amide bonds. The van der Waals surface area contributed by atoms with E-state index in [0.29, 0.717) is 16.3 Å². The van der Waals surface area contributed by atoms with E-state index in [1.165, 1.54) is 41.7 Å². The number of hydrogen-bond donors (Lipinski definition) is 1. The molecule has 32 heavy (non-hydrogen) atoms. The van der Waals surface area contributed by atoms with Crippen molar-refractivity contribution in [2.24, 2.45) is 0 Å². The predicted molar refractivity (Wildman–Crippen MR) is 116 cm³/mol. The minimum atomic E-state index is -0.683. The van der Waals surface area contributed by atoms with E-state index in [2.05, 4.69) is 10.3 Å². The molecule has 8 heteroatoms. The second-order valence-corrected chi connectivity index (χ2v) is 7.69. The highest BCUT2D eigenvalue weighted by Crippen LogP contribution is 2.33. The normalized spacial score (nSPS) is 10.7. The number of hydrogen-bond acceptors (Lipinski definition) is 4. The third-order valence-electron chi connectivity index (χ3n) is 4.65. The van der Waals surface area contributed by atoms with Gasteiger partial charge in [-0.3, -0.25) is 4.79 Å². The van der Waals surface area contributed by atoms with Crippen LogP contribution >= 0.6 is 11.3 Å². The molecular weight excluding hydrogens is 437 g/mol. The smallest absolute Gasteiger partial charge is 0.271 e. The molecule has 0 radical (unpaired) electrons. The Hall–Kier alpha value is -3.65. The Morgan fingerprint density at radius 1 is 0.938 bits per heavy atom. The lowest BCUT2D eigenvalue weighted by Gasteiger charge is -2.11. The van der Waals surface area contributed by atoms with Gasteiger partial charge in [-0.05, 0) is 42.0 Å². The zero-order valence-corrected chi connectivity index (χ0v) is 17.5. The second kappa shape index (κ2) is 9.65. The Morgan fingerprint density at radius 2 is 1.66 bits per heavy atom. The van der Waals surface area contributed by atoms with E-state index < -0.39 is 11.6 Å². The molecule has 0 aliphatic rings. The molecule has 0 saturated heterocycles. The van der Waals surface area contributed by atoms with Gasteiger partial charge in [-0.15, -0.1) is 11.3 Å². The summed E-state index contributed by atoms with van der Waals surface area (Å²) in [6, 6.07) is 16.4. The van der Waals surface area contributed by atoms with E-state index >= 15 is 0 Å². The lowest BCUT2D eigenvalue weighted by molar-refractivity contribution is 0.0946. The average Bonchev–Trinajstić information content (AvgIpc) is 3.29. The van der Waals surface area contributed by atoms with E-state index in [1.807, 2.05) is 0 Å². The molecule has 3 aromatic carbocycles. The SMILES string of the molecule is O=C(NCc1ccc(F)cc1)c1csc(-c2ccccc2OCc2c(F)cccc2F)n1. The fourth-order valence-corrected chi connectivity index (χ4v) is 3.80. The van der Waals surface area contributed by atoms with Crippen LogP contribution in [0.5, 0.6) is 5.75 Å². The molecule has 0 aliphatic carbocycles. The monoisotopic (exact) mass is 454 g/mol. The van der Waals surface area contributed by atoms with Gasteiger partial charge >= 0.3 is 0 Å². The van der Waals surface area contributed by atoms with Crippen LogP contribution in [0.4, 0.5) is 13.2 Å². The van der Waals surface area contributed by atoms with Crippen LogP contribution in [0.25, 0.3) is 10.6 Å². The van der Waals surface area contributed by atoms with Gasteiger partial charge in [-0.2, -0.15) is 0 Å². The molecule has 0 bridgehead atoms. The van der Waals surface area contributed by atoms with Crippen molar-refractivity contribution in [2.45, 2.75) is 13.2 Å². The Morgan fingerprint density at radius 3 is 2.41 bits per heavy atom. The number of rotatable bonds is 7. The molecule has 4 aromatic rings. The van der Waals surface area contributed by atoms with E-state index in [0.717, 1.165) is 5.56 Å². The van der Waals surface area contributed by atoms with Gasteiger partial charge in [0.1, 0.15) is 40.5 Å². The lowest BCUT2D eigenvalue weighted by atomic mass is 10.2. The Labute approximate surface area is 186 Å². The molecule has 0 spiro atoms. The van der Waals surface area contributed by atoms with Crippen molar-refractivity contribution in [2.75, 3.05) is 0 Å². The third kappa shape index (κ3) is 4.97. The van der Waals surface area contributed by atoms with Gasteiger partial charge in [-0.25, -0.2) is 18.2 Å². The molecule has 162 valence electrons. The maximum atomic E-state index is 13.9. The van der Waals surface area contributed by atoms with Crippen molar-refractivity contribution >= 4 is 17.2 Å². The molecule has 0 atom stereocenters. The van der Waals surface area contributed by atoms with Gasteiger partial charge in [-0.1, -0.05) is 30.3 Å². The molecule has 1 N–H and O–H groups in total. The summed E-state index contributed by atoms with van der Waals surface area (Å²) in [6.45, 7) is -0.0498. The number of nitrogens with zero attached hydrogens (tertiary/aromatic N) is 1. The minimum absolute atomic E-state index is 0.165. The molecule has 4 nitrogen and oxygen atoms in total. The Balaban J connectivity index is 1.47. The van der Waals surface area contributed by atoms with Crippen LogP contribution in [0.3, 0.4) is 0 Å². The summed E-state index contributed by atoms with van der Waals surface area (Å²) in [6.07, 6.45) is 0. The van der Waals surface area contributed by atoms with Crippen LogP contribution in [0.1, 0.15) is 21.6 Å². The summed E-state index contributed by atoms with van der Waals surface area (Å²) in [4.78, 5) is 16.8. The summed E-state index contributed by atoms with van der Waals surface area (Å²) in [5.41, 5.74) is 1.42. The summed E-state index contributed by atoms with van der Waals surface area (Å²) in [5.74, 6) is -1.69. The summed E-state index contributed by atoms with van der Waals surface area (Å²) in [5, 5.41) is 4.88. The van der Waals surface area contributed by atoms with Crippen molar-refractivity contribution < 1.29 is 22.7 Å². The van der Waals surface area contributed by atoms with Crippen LogP contribution in [0.15, 0.2) is 72.1 Å². The van der Waals surface area contributed by atoms with Crippen LogP contribution in [0, 0.1) is 17.5 Å². The first-order valence-electron chi connectivity index (χ1n) is 9.64. The van der Waals surface area contributed by atoms with E-state index in [1.54, 1.807) is 41.8 Å². The first-order chi connectivity index (χ1) is 15.5. The quantitative estimate of drug-likeness (QED) is 0.388. The number of benzene rings is 3. The first kappa shape index (κ1) is 21.6. The maximum absolute atomic E-state index is 13.9. The van der Waals surface area contributed by atoms with Crippen LogP contribution in [0.2, 0.25) is 0 Å². The average molecular weight is 454 g/mol. The van der Waals surface area contributed by atoms with Crippen molar-refractivity contribution in [3.63, 3.8) is 0 Å². The van der Waals surface area contributed by atoms with Crippen molar-refractivity contribution in [3.05, 3.63) is 106 Å². The zero-order valence-electron chi connectivity index (χ0n) is 16.6. The largest absolute Gasteiger partial charge is 0.488 e. The molecule has 0 unspecified atom stereocenters. The number of nitrogens with one attached hydrogen (secondary N) is 1. The Bertz CT molecular complexity index is 1220. The highest BCUT2D eigenvalue weighted by Gasteiger charge is 2.16. The first-order valence-corrected chi connectivity index (χ1v) is 10.5. The summed E-state index contributed by atoms with van der Waals surface area (Å²) < 4.78 is 46.5. The molecule has 0 aliphatic heterocycles. The summed E-state index contributed by atoms with van der Waals surface area (Å²) >= 11 is 1.25. The molecule has 1 aromatic heterocycles. The predicted octanol–water partition coefficient (Wildman–Crippen LogP) is 5.74. The number of thiazole rings is 1. The van der Waals surface area contributed by atoms with E-state index in [-0.39, 0.29) is 36.1 Å². The van der Waals surface area contributed by atoms with Gasteiger partial charge in [0.15, 0.2) is 0 Å². The van der Waals surface area contributed by atoms with Gasteiger partial charge in [0.05, 0.1) is 11.1 Å². The van der Waals surface area contributed by atoms with Crippen molar-refractivity contribution in [3.8, 4) is 16.3 Å². The lowest BCUT2D eigenvalue weighted by Crippen LogP contribution is -2.23. The minimum Gasteiger partial charge on any atom is -0.488 e. The van der Waals surface area contributed by atoms with E-state index in [9.17, 15) is 18.0 Å². The molecule has 4 rings (SSSR count). The van der Waals surface area contributed by atoms with E-state index in [4.69, 9.17) is 4.74 Å². The fraction of sp³-hybridized carbons (Fsp3) is 0.0833. The summed E-state index contributed by atoms with van der Waals surface area (Å²) in [7, 11) is 0. The van der Waals surface area contributed by atoms with Gasteiger partial charge in [0.2, 0.25) is 0 Å². The second-order valence-electron chi connectivity index (χ2n) is 6.83. The highest BCUT2D eigenvalue weighted by atomic mass is 32.1. The van der Waals surface area contributed by atoms with Gasteiger partial charge in [0, 0.05) is 11.9 Å². The van der Waals surface area contributed by atoms with Gasteiger partial charge < -0.3 is 10.1 Å². The standard InChI is InChI=1S/C24H17F3N2O2S/c25-16-10-8-15(9-11-16)12-28-23(30)21-14-32-24(29-21)17-4-1-2-7-22(17)31-13-18-19(26)5-3-6-20(18)27/h1-11,14H,12-13H2,(H,28,30). The fourth-order valence-electron chi connectivity index (χ4n) is 2.97. The molecule has 0 fully saturated rings. The van der Waals surface area contributed by atoms with Crippen LogP contribution in [-0.2, 0) is 13.2 Å². The number of para-hydroxylation sites is 1. The number of ether oxygens (including phenoxy) is 1. The zero-order chi connectivity index (χ0) is 22.5. The van der Waals surface area contributed by atoms with Crippen LogP contribution < -0.4 is 10.1 Å². The van der Waals surface area contributed by atoms with Crippen molar-refractivity contribution in [1.82, 2.24) is 10.3 Å². The van der Waals surface area contributed by atoms with Crippen molar-refractivity contribution in [1.29, 1.82) is 0 Å².